The number of hydrogen-bond donors (Lipinski definition) is 2. The Morgan fingerprint density at radius 2 is 1.58 bits per heavy atom. The lowest BCUT2D eigenvalue weighted by atomic mass is 10.2. The van der Waals surface area contributed by atoms with E-state index >= 15 is 0 Å². The van der Waals surface area contributed by atoms with E-state index in [1.165, 1.54) is 31.5 Å². The number of hydrogen-bond acceptors (Lipinski definition) is 9. The zero-order valence-corrected chi connectivity index (χ0v) is 18.3. The lowest BCUT2D eigenvalue weighted by Crippen LogP contribution is -2.08. The van der Waals surface area contributed by atoms with Crippen molar-refractivity contribution in [1.82, 2.24) is 9.97 Å². The molecule has 3 aromatic rings. The zero-order valence-electron chi connectivity index (χ0n) is 16.7. The number of sulfone groups is 2. The summed E-state index contributed by atoms with van der Waals surface area (Å²) in [5.41, 5.74) is 1.31. The van der Waals surface area contributed by atoms with Gasteiger partial charge in [-0.15, -0.1) is 0 Å². The molecule has 3 rings (SSSR count). The van der Waals surface area contributed by atoms with Gasteiger partial charge in [-0.3, -0.25) is 0 Å². The summed E-state index contributed by atoms with van der Waals surface area (Å²) in [6, 6.07) is 14.1. The third kappa shape index (κ3) is 5.36. The van der Waals surface area contributed by atoms with Gasteiger partial charge in [0, 0.05) is 18.0 Å². The molecule has 2 N–H and O–H groups in total. The van der Waals surface area contributed by atoms with Crippen LogP contribution in [0.5, 0.6) is 0 Å². The maximum Gasteiger partial charge on any atom is 0.178 e. The number of anilines is 4. The minimum atomic E-state index is -3.63. The van der Waals surface area contributed by atoms with Crippen molar-refractivity contribution in [2.75, 3.05) is 22.6 Å². The van der Waals surface area contributed by atoms with Crippen molar-refractivity contribution in [3.05, 3.63) is 60.4 Å². The molecule has 0 bridgehead atoms. The summed E-state index contributed by atoms with van der Waals surface area (Å²) < 4.78 is 48.8. The Morgan fingerprint density at radius 1 is 0.935 bits per heavy atom. The summed E-state index contributed by atoms with van der Waals surface area (Å²) in [7, 11) is -7.16. The first-order valence-corrected chi connectivity index (χ1v) is 12.6. The maximum atomic E-state index is 12.2. The molecule has 0 radical (unpaired) electrons. The first-order valence-electron chi connectivity index (χ1n) is 9.05. The molecule has 1 heterocycles. The number of aromatic nitrogens is 2. The van der Waals surface area contributed by atoms with E-state index < -0.39 is 19.7 Å². The number of nitrogens with zero attached hydrogens (tertiary/aromatic N) is 3. The molecule has 1 aromatic heterocycles. The van der Waals surface area contributed by atoms with Gasteiger partial charge in [0.05, 0.1) is 32.9 Å². The molecular formula is C20H19N5O4S2. The van der Waals surface area contributed by atoms with E-state index in [1.807, 2.05) is 6.07 Å². The standard InChI is InChI=1S/C20H19N5O4S2/c1-3-31(28,29)16-8-9-18(30(2,26)27)17(10-16)25-20-11-19(22-13-23-20)24-15-6-4-14(12-21)5-7-15/h4-11,13H,3H2,1-2H3,(H2,22,23,24,25). The van der Waals surface area contributed by atoms with Crippen molar-refractivity contribution in [3.8, 4) is 6.07 Å². The molecule has 0 aliphatic rings. The second-order valence-electron chi connectivity index (χ2n) is 6.56. The Balaban J connectivity index is 1.95. The summed E-state index contributed by atoms with van der Waals surface area (Å²) in [5, 5.41) is 14.8. The predicted molar refractivity (Wildman–Crippen MR) is 117 cm³/mol. The molecule has 0 fully saturated rings. The fraction of sp³-hybridized carbons (Fsp3) is 0.150. The molecule has 9 nitrogen and oxygen atoms in total. The first kappa shape index (κ1) is 22.2. The van der Waals surface area contributed by atoms with Crippen molar-refractivity contribution < 1.29 is 16.8 Å². The van der Waals surface area contributed by atoms with Crippen LogP contribution in [-0.2, 0) is 19.7 Å². The highest BCUT2D eigenvalue weighted by molar-refractivity contribution is 7.91. The predicted octanol–water partition coefficient (Wildman–Crippen LogP) is 3.03. The van der Waals surface area contributed by atoms with Gasteiger partial charge >= 0.3 is 0 Å². The minimum absolute atomic E-state index is 0.00915. The third-order valence-corrected chi connectivity index (χ3v) is 7.19. The molecule has 2 aromatic carbocycles. The van der Waals surface area contributed by atoms with Crippen LogP contribution in [0.3, 0.4) is 0 Å². The molecule has 31 heavy (non-hydrogen) atoms. The molecule has 0 unspecified atom stereocenters. The quantitative estimate of drug-likeness (QED) is 0.547. The zero-order chi connectivity index (χ0) is 22.6. The van der Waals surface area contributed by atoms with Crippen LogP contribution >= 0.6 is 0 Å². The van der Waals surface area contributed by atoms with E-state index in [-0.39, 0.29) is 27.0 Å². The summed E-state index contributed by atoms with van der Waals surface area (Å²) >= 11 is 0. The van der Waals surface area contributed by atoms with Gasteiger partial charge in [0.2, 0.25) is 0 Å². The fourth-order valence-electron chi connectivity index (χ4n) is 2.70. The summed E-state index contributed by atoms with van der Waals surface area (Å²) in [6.07, 6.45) is 2.32. The van der Waals surface area contributed by atoms with E-state index in [0.717, 1.165) is 6.26 Å². The highest BCUT2D eigenvalue weighted by Gasteiger charge is 2.19. The van der Waals surface area contributed by atoms with Crippen LogP contribution in [0.25, 0.3) is 0 Å². The van der Waals surface area contributed by atoms with Crippen molar-refractivity contribution in [3.63, 3.8) is 0 Å². The van der Waals surface area contributed by atoms with Crippen LogP contribution in [0.4, 0.5) is 23.0 Å². The van der Waals surface area contributed by atoms with Gasteiger partial charge in [0.15, 0.2) is 19.7 Å². The Labute approximate surface area is 180 Å². The third-order valence-electron chi connectivity index (χ3n) is 4.31. The molecule has 160 valence electrons. The van der Waals surface area contributed by atoms with E-state index in [4.69, 9.17) is 5.26 Å². The Morgan fingerprint density at radius 3 is 2.16 bits per heavy atom. The van der Waals surface area contributed by atoms with E-state index in [2.05, 4.69) is 20.6 Å². The van der Waals surface area contributed by atoms with Gasteiger partial charge in [-0.05, 0) is 42.5 Å². The van der Waals surface area contributed by atoms with Gasteiger partial charge in [0.25, 0.3) is 0 Å². The summed E-state index contributed by atoms with van der Waals surface area (Å²) in [4.78, 5) is 8.16. The first-order chi connectivity index (χ1) is 14.6. The number of rotatable bonds is 7. The Bertz CT molecular complexity index is 1360. The fourth-order valence-corrected chi connectivity index (χ4v) is 4.43. The highest BCUT2D eigenvalue weighted by atomic mass is 32.2. The molecule has 0 aliphatic heterocycles. The largest absolute Gasteiger partial charge is 0.340 e. The molecule has 0 atom stereocenters. The SMILES string of the molecule is CCS(=O)(=O)c1ccc(S(C)(=O)=O)c(Nc2cc(Nc3ccc(C#N)cc3)ncn2)c1. The van der Waals surface area contributed by atoms with Gasteiger partial charge < -0.3 is 10.6 Å². The molecule has 0 saturated carbocycles. The lowest BCUT2D eigenvalue weighted by molar-refractivity contribution is 0.595. The average molecular weight is 458 g/mol. The topological polar surface area (TPSA) is 142 Å². The Kier molecular flexibility index (Phi) is 6.24. The number of benzene rings is 2. The normalized spacial score (nSPS) is 11.5. The lowest BCUT2D eigenvalue weighted by Gasteiger charge is -2.13. The summed E-state index contributed by atoms with van der Waals surface area (Å²) in [5.74, 6) is 0.569. The molecular weight excluding hydrogens is 438 g/mol. The molecule has 11 heteroatoms. The van der Waals surface area contributed by atoms with E-state index in [9.17, 15) is 16.8 Å². The van der Waals surface area contributed by atoms with Crippen molar-refractivity contribution in [2.45, 2.75) is 16.7 Å². The second kappa shape index (κ2) is 8.71. The molecule has 0 spiro atoms. The van der Waals surface area contributed by atoms with E-state index in [1.54, 1.807) is 30.3 Å². The minimum Gasteiger partial charge on any atom is -0.340 e. The van der Waals surface area contributed by atoms with Crippen LogP contribution < -0.4 is 10.6 Å². The summed E-state index contributed by atoms with van der Waals surface area (Å²) in [6.45, 7) is 1.51. The van der Waals surface area contributed by atoms with Crippen LogP contribution in [0.1, 0.15) is 12.5 Å². The smallest absolute Gasteiger partial charge is 0.178 e. The molecule has 0 saturated heterocycles. The monoisotopic (exact) mass is 457 g/mol. The van der Waals surface area contributed by atoms with Crippen LogP contribution in [-0.4, -0.2) is 38.8 Å². The number of nitriles is 1. The molecule has 0 amide bonds. The highest BCUT2D eigenvalue weighted by Crippen LogP contribution is 2.28. The van der Waals surface area contributed by atoms with Gasteiger partial charge in [-0.1, -0.05) is 6.92 Å². The van der Waals surface area contributed by atoms with Gasteiger partial charge in [0.1, 0.15) is 18.0 Å². The van der Waals surface area contributed by atoms with Gasteiger partial charge in [-0.2, -0.15) is 5.26 Å². The average Bonchev–Trinajstić information content (AvgIpc) is 2.73. The van der Waals surface area contributed by atoms with Gasteiger partial charge in [-0.25, -0.2) is 26.8 Å². The second-order valence-corrected chi connectivity index (χ2v) is 10.8. The van der Waals surface area contributed by atoms with Crippen molar-refractivity contribution >= 4 is 42.7 Å². The Hall–Kier alpha value is -3.49. The van der Waals surface area contributed by atoms with Crippen LogP contribution in [0.15, 0.2) is 64.6 Å². The van der Waals surface area contributed by atoms with Crippen LogP contribution in [0.2, 0.25) is 0 Å². The van der Waals surface area contributed by atoms with Crippen LogP contribution in [0, 0.1) is 11.3 Å². The maximum absolute atomic E-state index is 12.2. The molecule has 0 aliphatic carbocycles. The van der Waals surface area contributed by atoms with E-state index in [0.29, 0.717) is 17.1 Å². The van der Waals surface area contributed by atoms with Crippen molar-refractivity contribution in [2.24, 2.45) is 0 Å². The van der Waals surface area contributed by atoms with Crippen molar-refractivity contribution in [1.29, 1.82) is 5.26 Å². The number of nitrogens with one attached hydrogen (secondary N) is 2.